The largest absolute Gasteiger partial charge is 0.423 e. The van der Waals surface area contributed by atoms with E-state index < -0.39 is 15.8 Å². The second kappa shape index (κ2) is 6.78. The van der Waals surface area contributed by atoms with Gasteiger partial charge in [0.1, 0.15) is 11.3 Å². The van der Waals surface area contributed by atoms with Gasteiger partial charge in [0, 0.05) is 41.5 Å². The zero-order valence-electron chi connectivity index (χ0n) is 16.1. The minimum atomic E-state index is -3.20. The number of hydrogen-bond acceptors (Lipinski definition) is 6. The van der Waals surface area contributed by atoms with Crippen molar-refractivity contribution in [3.8, 4) is 0 Å². The lowest BCUT2D eigenvalue weighted by Crippen LogP contribution is -2.41. The summed E-state index contributed by atoms with van der Waals surface area (Å²) in [5, 5.41) is 5.24. The first-order valence-electron chi connectivity index (χ1n) is 9.56. The van der Waals surface area contributed by atoms with Crippen LogP contribution in [0.15, 0.2) is 39.7 Å². The lowest BCUT2D eigenvalue weighted by atomic mass is 10.0. The van der Waals surface area contributed by atoms with E-state index in [0.717, 1.165) is 0 Å². The SMILES string of the molecule is CS(=O)(=O)N1CCC(Nc2nc3c4ccc(F)cc4c4c(=O)[nH]ccc4c3o2)CC1. The number of oxazole rings is 1. The molecule has 1 fully saturated rings. The molecule has 2 aromatic carbocycles. The zero-order valence-corrected chi connectivity index (χ0v) is 16.9. The fourth-order valence-corrected chi connectivity index (χ4v) is 4.99. The van der Waals surface area contributed by atoms with Crippen molar-refractivity contribution in [3.63, 3.8) is 0 Å². The van der Waals surface area contributed by atoms with Gasteiger partial charge in [0.15, 0.2) is 5.58 Å². The molecule has 0 aliphatic carbocycles. The Hall–Kier alpha value is -2.98. The number of halogens is 1. The zero-order chi connectivity index (χ0) is 21.0. The fraction of sp³-hybridized carbons (Fsp3) is 0.300. The Labute approximate surface area is 170 Å². The van der Waals surface area contributed by atoms with E-state index in [1.54, 1.807) is 12.1 Å². The van der Waals surface area contributed by atoms with Gasteiger partial charge in [0.05, 0.1) is 11.6 Å². The summed E-state index contributed by atoms with van der Waals surface area (Å²) in [5.41, 5.74) is 0.662. The number of benzene rings is 2. The quantitative estimate of drug-likeness (QED) is 0.484. The topological polar surface area (TPSA) is 108 Å². The first-order valence-corrected chi connectivity index (χ1v) is 11.4. The van der Waals surface area contributed by atoms with E-state index in [0.29, 0.717) is 64.6 Å². The van der Waals surface area contributed by atoms with Gasteiger partial charge in [0.2, 0.25) is 10.0 Å². The number of sulfonamides is 1. The molecule has 0 bridgehead atoms. The van der Waals surface area contributed by atoms with Crippen molar-refractivity contribution in [3.05, 3.63) is 46.6 Å². The van der Waals surface area contributed by atoms with E-state index in [1.807, 2.05) is 0 Å². The Morgan fingerprint density at radius 1 is 1.20 bits per heavy atom. The van der Waals surface area contributed by atoms with Gasteiger partial charge in [-0.05, 0) is 37.1 Å². The number of rotatable bonds is 3. The monoisotopic (exact) mass is 430 g/mol. The number of pyridine rings is 1. The van der Waals surface area contributed by atoms with Crippen LogP contribution in [0.3, 0.4) is 0 Å². The molecule has 1 aliphatic rings. The number of H-pyrrole nitrogens is 1. The Morgan fingerprint density at radius 2 is 1.97 bits per heavy atom. The molecule has 2 aromatic heterocycles. The summed E-state index contributed by atoms with van der Waals surface area (Å²) in [6.07, 6.45) is 3.98. The molecule has 0 spiro atoms. The predicted octanol–water partition coefficient (Wildman–Crippen LogP) is 2.80. The Bertz CT molecular complexity index is 1450. The van der Waals surface area contributed by atoms with Crippen LogP contribution in [-0.4, -0.2) is 48.1 Å². The summed E-state index contributed by atoms with van der Waals surface area (Å²) in [7, 11) is -3.20. The van der Waals surface area contributed by atoms with Crippen LogP contribution < -0.4 is 10.9 Å². The minimum Gasteiger partial charge on any atom is -0.423 e. The van der Waals surface area contributed by atoms with Gasteiger partial charge in [-0.3, -0.25) is 4.79 Å². The summed E-state index contributed by atoms with van der Waals surface area (Å²) >= 11 is 0. The average molecular weight is 430 g/mol. The number of aromatic amines is 1. The third kappa shape index (κ3) is 3.12. The van der Waals surface area contributed by atoms with Gasteiger partial charge in [-0.1, -0.05) is 0 Å². The number of anilines is 1. The molecule has 1 saturated heterocycles. The van der Waals surface area contributed by atoms with E-state index in [4.69, 9.17) is 4.42 Å². The molecular formula is C20H19FN4O4S. The van der Waals surface area contributed by atoms with Gasteiger partial charge in [0.25, 0.3) is 11.6 Å². The maximum absolute atomic E-state index is 13.9. The summed E-state index contributed by atoms with van der Waals surface area (Å²) < 4.78 is 44.7. The molecular weight excluding hydrogens is 411 g/mol. The summed E-state index contributed by atoms with van der Waals surface area (Å²) in [4.78, 5) is 19.7. The average Bonchev–Trinajstić information content (AvgIpc) is 3.11. The molecule has 1 aliphatic heterocycles. The van der Waals surface area contributed by atoms with Gasteiger partial charge in [-0.25, -0.2) is 17.1 Å². The predicted molar refractivity (Wildman–Crippen MR) is 113 cm³/mol. The number of piperidine rings is 1. The first-order chi connectivity index (χ1) is 14.3. The van der Waals surface area contributed by atoms with Crippen molar-refractivity contribution in [2.45, 2.75) is 18.9 Å². The second-order valence-corrected chi connectivity index (χ2v) is 9.55. The summed E-state index contributed by atoms with van der Waals surface area (Å²) in [5.74, 6) is -0.439. The van der Waals surface area contributed by atoms with Crippen LogP contribution in [0.1, 0.15) is 12.8 Å². The number of aromatic nitrogens is 2. The van der Waals surface area contributed by atoms with E-state index in [1.165, 1.54) is 28.9 Å². The number of hydrogen-bond donors (Lipinski definition) is 2. The van der Waals surface area contributed by atoms with Gasteiger partial charge in [-0.2, -0.15) is 4.98 Å². The van der Waals surface area contributed by atoms with Crippen molar-refractivity contribution in [2.24, 2.45) is 0 Å². The second-order valence-electron chi connectivity index (χ2n) is 7.56. The van der Waals surface area contributed by atoms with Crippen molar-refractivity contribution >= 4 is 48.7 Å². The number of fused-ring (bicyclic) bond motifs is 6. The third-order valence-corrected chi connectivity index (χ3v) is 6.89. The van der Waals surface area contributed by atoms with E-state index in [-0.39, 0.29) is 11.6 Å². The molecule has 0 atom stereocenters. The van der Waals surface area contributed by atoms with Crippen molar-refractivity contribution < 1.29 is 17.2 Å². The van der Waals surface area contributed by atoms with Gasteiger partial charge in [-0.15, -0.1) is 0 Å². The van der Waals surface area contributed by atoms with Crippen LogP contribution >= 0.6 is 0 Å². The maximum atomic E-state index is 13.9. The van der Waals surface area contributed by atoms with Crippen LogP contribution in [0.4, 0.5) is 10.4 Å². The van der Waals surface area contributed by atoms with Crippen molar-refractivity contribution in [2.75, 3.05) is 24.7 Å². The fourth-order valence-electron chi connectivity index (χ4n) is 4.12. The maximum Gasteiger partial charge on any atom is 0.295 e. The molecule has 4 aromatic rings. The molecule has 0 saturated carbocycles. The molecule has 0 radical (unpaired) electrons. The molecule has 10 heteroatoms. The van der Waals surface area contributed by atoms with Gasteiger partial charge >= 0.3 is 0 Å². The van der Waals surface area contributed by atoms with Gasteiger partial charge < -0.3 is 14.7 Å². The normalized spacial score (nSPS) is 16.6. The van der Waals surface area contributed by atoms with Crippen LogP contribution in [0.5, 0.6) is 0 Å². The van der Waals surface area contributed by atoms with Crippen LogP contribution in [0, 0.1) is 5.82 Å². The molecule has 2 N–H and O–H groups in total. The molecule has 8 nitrogen and oxygen atoms in total. The van der Waals surface area contributed by atoms with E-state index in [2.05, 4.69) is 15.3 Å². The first kappa shape index (κ1) is 19.0. The van der Waals surface area contributed by atoms with E-state index >= 15 is 0 Å². The van der Waals surface area contributed by atoms with Crippen LogP contribution in [0.2, 0.25) is 0 Å². The minimum absolute atomic E-state index is 0.00874. The number of nitrogens with zero attached hydrogens (tertiary/aromatic N) is 2. The van der Waals surface area contributed by atoms with Crippen LogP contribution in [-0.2, 0) is 10.0 Å². The lowest BCUT2D eigenvalue weighted by Gasteiger charge is -2.30. The Kier molecular flexibility index (Phi) is 4.30. The smallest absolute Gasteiger partial charge is 0.295 e. The lowest BCUT2D eigenvalue weighted by molar-refractivity contribution is 0.329. The highest BCUT2D eigenvalue weighted by Crippen LogP contribution is 2.35. The highest BCUT2D eigenvalue weighted by molar-refractivity contribution is 7.88. The Balaban J connectivity index is 1.58. The molecule has 5 rings (SSSR count). The summed E-state index contributed by atoms with van der Waals surface area (Å²) in [6, 6.07) is 6.26. The van der Waals surface area contributed by atoms with Crippen molar-refractivity contribution in [1.29, 1.82) is 0 Å². The molecule has 0 unspecified atom stereocenters. The molecule has 0 amide bonds. The standard InChI is InChI=1S/C20H19FN4O4S/c1-30(27,28)25-8-5-12(6-9-25)23-20-24-17-13-3-2-11(21)10-15(13)16-14(18(17)29-20)4-7-22-19(16)26/h2-4,7,10,12H,5-6,8-9H2,1H3,(H,22,26)(H,23,24). The molecule has 3 heterocycles. The highest BCUT2D eigenvalue weighted by Gasteiger charge is 2.26. The highest BCUT2D eigenvalue weighted by atomic mass is 32.2. The number of nitrogens with one attached hydrogen (secondary N) is 2. The third-order valence-electron chi connectivity index (χ3n) is 5.59. The molecule has 156 valence electrons. The van der Waals surface area contributed by atoms with E-state index in [9.17, 15) is 17.6 Å². The van der Waals surface area contributed by atoms with Crippen LogP contribution in [0.25, 0.3) is 32.6 Å². The molecule has 30 heavy (non-hydrogen) atoms. The Morgan fingerprint density at radius 3 is 2.70 bits per heavy atom. The van der Waals surface area contributed by atoms with Crippen molar-refractivity contribution in [1.82, 2.24) is 14.3 Å². The summed E-state index contributed by atoms with van der Waals surface area (Å²) in [6.45, 7) is 0.856.